The maximum atomic E-state index is 13.1. The Morgan fingerprint density at radius 1 is 1.15 bits per heavy atom. The molecule has 1 amide bonds. The standard InChI is InChI=1S/C26H34ClN3O4.CH4O3S/c1-14-11-15(2)29-25(32)20(14)13-28-24(31)19-12-21(27)23-22(16(19)3)33-26(4,34-23)17-7-9-18(10-8-17)30(5)6;1-5(2,3)4/h11-12,17-18H,7-10,13H2,1-6H3,(H,28,31)(H,29,32);1H3,(H,2,3,4)/t17?,18?,26-;/m1./s1. The minimum Gasteiger partial charge on any atom is -0.448 e. The number of carbonyl (C=O) groups excluding carboxylic acids is 1. The Hall–Kier alpha value is -2.60. The molecular formula is C27H38ClN3O7S. The molecule has 1 aromatic heterocycles. The second-order valence-electron chi connectivity index (χ2n) is 10.7. The number of aryl methyl sites for hydroxylation is 2. The van der Waals surface area contributed by atoms with Crippen LogP contribution in [0.4, 0.5) is 0 Å². The zero-order chi connectivity index (χ0) is 29.3. The maximum Gasteiger partial charge on any atom is 0.261 e. The van der Waals surface area contributed by atoms with Crippen molar-refractivity contribution in [3.8, 4) is 11.5 Å². The first-order valence-corrected chi connectivity index (χ1v) is 15.0. The van der Waals surface area contributed by atoms with Crippen LogP contribution >= 0.6 is 11.6 Å². The van der Waals surface area contributed by atoms with Gasteiger partial charge in [0.2, 0.25) is 0 Å². The Kier molecular flexibility index (Phi) is 9.42. The van der Waals surface area contributed by atoms with Crippen molar-refractivity contribution in [2.75, 3.05) is 20.4 Å². The molecule has 1 atom stereocenters. The molecule has 10 nitrogen and oxygen atoms in total. The van der Waals surface area contributed by atoms with Crippen LogP contribution in [0.25, 0.3) is 0 Å². The first-order chi connectivity index (χ1) is 18.0. The number of amides is 1. The smallest absolute Gasteiger partial charge is 0.261 e. The second kappa shape index (κ2) is 11.9. The van der Waals surface area contributed by atoms with Gasteiger partial charge in [-0.25, -0.2) is 0 Å². The van der Waals surface area contributed by atoms with Gasteiger partial charge < -0.3 is 24.7 Å². The molecule has 0 spiro atoms. The first-order valence-electron chi connectivity index (χ1n) is 12.8. The number of aromatic amines is 1. The first kappa shape index (κ1) is 30.9. The van der Waals surface area contributed by atoms with E-state index in [-0.39, 0.29) is 23.9 Å². The van der Waals surface area contributed by atoms with E-state index in [9.17, 15) is 18.0 Å². The van der Waals surface area contributed by atoms with Crippen molar-refractivity contribution in [1.29, 1.82) is 0 Å². The normalized spacial score (nSPS) is 22.3. The average molecular weight is 584 g/mol. The lowest BCUT2D eigenvalue weighted by Crippen LogP contribution is -2.46. The summed E-state index contributed by atoms with van der Waals surface area (Å²) < 4.78 is 38.6. The molecule has 0 radical (unpaired) electrons. The number of ether oxygens (including phenoxy) is 2. The largest absolute Gasteiger partial charge is 0.448 e. The molecule has 4 rings (SSSR count). The fraction of sp³-hybridized carbons (Fsp3) is 0.556. The summed E-state index contributed by atoms with van der Waals surface area (Å²) in [4.78, 5) is 30.4. The van der Waals surface area contributed by atoms with E-state index in [1.165, 1.54) is 0 Å². The monoisotopic (exact) mass is 583 g/mol. The van der Waals surface area contributed by atoms with E-state index >= 15 is 0 Å². The number of nitrogens with one attached hydrogen (secondary N) is 2. The van der Waals surface area contributed by atoms with Crippen LogP contribution in [-0.4, -0.2) is 60.9 Å². The van der Waals surface area contributed by atoms with Crippen LogP contribution in [0.1, 0.15) is 65.3 Å². The number of H-pyrrole nitrogens is 1. The number of hydrogen-bond acceptors (Lipinski definition) is 7. The van der Waals surface area contributed by atoms with Crippen molar-refractivity contribution in [1.82, 2.24) is 15.2 Å². The van der Waals surface area contributed by atoms with Crippen molar-refractivity contribution in [2.45, 2.75) is 71.8 Å². The van der Waals surface area contributed by atoms with E-state index in [1.807, 2.05) is 33.8 Å². The highest BCUT2D eigenvalue weighted by Crippen LogP contribution is 2.51. The molecule has 39 heavy (non-hydrogen) atoms. The third-order valence-corrected chi connectivity index (χ3v) is 7.66. The van der Waals surface area contributed by atoms with Gasteiger partial charge in [-0.15, -0.1) is 0 Å². The molecule has 1 fully saturated rings. The van der Waals surface area contributed by atoms with Gasteiger partial charge in [-0.3, -0.25) is 14.1 Å². The summed E-state index contributed by atoms with van der Waals surface area (Å²) in [6.07, 6.45) is 4.90. The number of rotatable bonds is 5. The highest BCUT2D eigenvalue weighted by atomic mass is 35.5. The van der Waals surface area contributed by atoms with E-state index in [1.54, 1.807) is 6.07 Å². The highest BCUT2D eigenvalue weighted by Gasteiger charge is 2.47. The van der Waals surface area contributed by atoms with Crippen molar-refractivity contribution in [3.05, 3.63) is 55.5 Å². The van der Waals surface area contributed by atoms with E-state index in [0.717, 1.165) is 36.9 Å². The lowest BCUT2D eigenvalue weighted by Gasteiger charge is -2.39. The quantitative estimate of drug-likeness (QED) is 0.449. The number of aromatic nitrogens is 1. The van der Waals surface area contributed by atoms with Gasteiger partial charge in [-0.05, 0) is 78.2 Å². The zero-order valence-corrected chi connectivity index (χ0v) is 25.0. The van der Waals surface area contributed by atoms with Crippen LogP contribution in [0.5, 0.6) is 11.5 Å². The Morgan fingerprint density at radius 3 is 2.26 bits per heavy atom. The van der Waals surface area contributed by atoms with Gasteiger partial charge in [0.15, 0.2) is 11.5 Å². The van der Waals surface area contributed by atoms with Gasteiger partial charge in [0.05, 0.1) is 11.3 Å². The fourth-order valence-electron chi connectivity index (χ4n) is 5.23. The summed E-state index contributed by atoms with van der Waals surface area (Å²) in [5, 5.41) is 3.20. The van der Waals surface area contributed by atoms with Crippen molar-refractivity contribution < 1.29 is 27.2 Å². The summed E-state index contributed by atoms with van der Waals surface area (Å²) >= 11 is 6.56. The van der Waals surface area contributed by atoms with Gasteiger partial charge in [-0.2, -0.15) is 8.42 Å². The molecule has 1 aromatic carbocycles. The van der Waals surface area contributed by atoms with Gasteiger partial charge >= 0.3 is 0 Å². The number of halogens is 1. The van der Waals surface area contributed by atoms with E-state index in [4.69, 9.17) is 25.6 Å². The van der Waals surface area contributed by atoms with Gasteiger partial charge in [0.25, 0.3) is 27.4 Å². The summed E-state index contributed by atoms with van der Waals surface area (Å²) in [5.41, 5.74) is 3.05. The molecule has 2 heterocycles. The number of fused-ring (bicyclic) bond motifs is 1. The molecule has 2 aromatic rings. The minimum atomic E-state index is -3.67. The molecule has 12 heteroatoms. The molecule has 0 unspecified atom stereocenters. The molecule has 0 saturated heterocycles. The van der Waals surface area contributed by atoms with E-state index in [0.29, 0.717) is 45.5 Å². The van der Waals surface area contributed by atoms with Crippen LogP contribution in [0.3, 0.4) is 0 Å². The van der Waals surface area contributed by atoms with Crippen LogP contribution in [0.15, 0.2) is 16.9 Å². The van der Waals surface area contributed by atoms with E-state index in [2.05, 4.69) is 29.3 Å². The van der Waals surface area contributed by atoms with Crippen molar-refractivity contribution >= 4 is 27.6 Å². The molecule has 3 N–H and O–H groups in total. The Bertz CT molecular complexity index is 1390. The second-order valence-corrected chi connectivity index (χ2v) is 12.6. The topological polar surface area (TPSA) is 138 Å². The summed E-state index contributed by atoms with van der Waals surface area (Å²) in [6, 6.07) is 4.09. The summed E-state index contributed by atoms with van der Waals surface area (Å²) in [6.45, 7) is 7.62. The van der Waals surface area contributed by atoms with Crippen molar-refractivity contribution in [2.24, 2.45) is 5.92 Å². The molecule has 0 bridgehead atoms. The maximum absolute atomic E-state index is 13.1. The Morgan fingerprint density at radius 2 is 1.72 bits per heavy atom. The number of pyridine rings is 1. The highest BCUT2D eigenvalue weighted by molar-refractivity contribution is 7.85. The number of hydrogen-bond donors (Lipinski definition) is 3. The molecule has 216 valence electrons. The van der Waals surface area contributed by atoms with Gasteiger partial charge in [0.1, 0.15) is 0 Å². The molecule has 1 aliphatic heterocycles. The minimum absolute atomic E-state index is 0.124. The number of carbonyl (C=O) groups is 1. The van der Waals surface area contributed by atoms with E-state index < -0.39 is 15.9 Å². The zero-order valence-electron chi connectivity index (χ0n) is 23.5. The molecule has 2 aliphatic rings. The molecule has 1 aliphatic carbocycles. The third-order valence-electron chi connectivity index (χ3n) is 7.38. The lowest BCUT2D eigenvalue weighted by atomic mass is 9.81. The Balaban J connectivity index is 0.000000771. The summed E-state index contributed by atoms with van der Waals surface area (Å²) in [5.74, 6) is 0.137. The average Bonchev–Trinajstić information content (AvgIpc) is 3.19. The van der Waals surface area contributed by atoms with Gasteiger partial charge in [0, 0.05) is 47.8 Å². The van der Waals surface area contributed by atoms with Crippen LogP contribution in [0.2, 0.25) is 5.02 Å². The predicted molar refractivity (Wildman–Crippen MR) is 150 cm³/mol. The van der Waals surface area contributed by atoms with Crippen LogP contribution < -0.4 is 20.3 Å². The van der Waals surface area contributed by atoms with Gasteiger partial charge in [-0.1, -0.05) is 11.6 Å². The molecule has 1 saturated carbocycles. The molecular weight excluding hydrogens is 546 g/mol. The SMILES string of the molecule is CS(=O)(=O)O.Cc1cc(C)c(CNC(=O)c2cc(Cl)c3c(c2C)O[C@@](C)(C2CCC(N(C)C)CC2)O3)c(=O)[nH]1. The summed E-state index contributed by atoms with van der Waals surface area (Å²) in [7, 11) is 0.578. The fourth-order valence-corrected chi connectivity index (χ4v) is 5.46. The lowest BCUT2D eigenvalue weighted by molar-refractivity contribution is -0.123. The Labute approximate surface area is 234 Å². The van der Waals surface area contributed by atoms with Crippen molar-refractivity contribution in [3.63, 3.8) is 0 Å². The van der Waals surface area contributed by atoms with Crippen LogP contribution in [0, 0.1) is 26.7 Å². The number of nitrogens with zero attached hydrogens (tertiary/aromatic N) is 1. The third kappa shape index (κ3) is 7.53. The van der Waals surface area contributed by atoms with Crippen LogP contribution in [-0.2, 0) is 16.7 Å². The predicted octanol–water partition coefficient (Wildman–Crippen LogP) is 4.00. The number of benzene rings is 1.